The molecule has 0 saturated heterocycles. The fourth-order valence-corrected chi connectivity index (χ4v) is 1.23. The zero-order chi connectivity index (χ0) is 11.2. The van der Waals surface area contributed by atoms with Crippen LogP contribution in [0.5, 0.6) is 0 Å². The largest absolute Gasteiger partial charge is 0.353 e. The van der Waals surface area contributed by atoms with Crippen molar-refractivity contribution in [1.82, 2.24) is 10.2 Å². The maximum absolute atomic E-state index is 11.6. The fraction of sp³-hybridized carbons (Fsp3) is 0.900. The fourth-order valence-electron chi connectivity index (χ4n) is 1.23. The molecular weight excluding hydrogens is 214 g/mol. The van der Waals surface area contributed by atoms with Gasteiger partial charge >= 0.3 is 0 Å². The SMILES string of the molecule is CCCC(C)(N)C(=O)NCCN(C)C.Cl. The number of nitrogens with one attached hydrogen (secondary N) is 1. The molecule has 0 saturated carbocycles. The number of amides is 1. The van der Waals surface area contributed by atoms with Crippen LogP contribution < -0.4 is 11.1 Å². The van der Waals surface area contributed by atoms with E-state index in [0.29, 0.717) is 6.54 Å². The van der Waals surface area contributed by atoms with Gasteiger partial charge in [0.1, 0.15) is 0 Å². The van der Waals surface area contributed by atoms with Gasteiger partial charge < -0.3 is 16.0 Å². The minimum Gasteiger partial charge on any atom is -0.353 e. The van der Waals surface area contributed by atoms with E-state index in [4.69, 9.17) is 5.73 Å². The van der Waals surface area contributed by atoms with Crippen LogP contribution in [0.1, 0.15) is 26.7 Å². The molecule has 15 heavy (non-hydrogen) atoms. The van der Waals surface area contributed by atoms with Crippen LogP contribution in [-0.2, 0) is 4.79 Å². The van der Waals surface area contributed by atoms with Crippen LogP contribution in [0.15, 0.2) is 0 Å². The highest BCUT2D eigenvalue weighted by Gasteiger charge is 2.26. The van der Waals surface area contributed by atoms with E-state index < -0.39 is 5.54 Å². The van der Waals surface area contributed by atoms with Gasteiger partial charge in [0.25, 0.3) is 0 Å². The van der Waals surface area contributed by atoms with Gasteiger partial charge in [-0.05, 0) is 27.4 Å². The van der Waals surface area contributed by atoms with Crippen molar-refractivity contribution in [2.24, 2.45) is 5.73 Å². The number of likely N-dealkylation sites (N-methyl/N-ethyl adjacent to an activating group) is 1. The van der Waals surface area contributed by atoms with Gasteiger partial charge in [0.05, 0.1) is 5.54 Å². The smallest absolute Gasteiger partial charge is 0.239 e. The summed E-state index contributed by atoms with van der Waals surface area (Å²) in [7, 11) is 3.94. The van der Waals surface area contributed by atoms with E-state index >= 15 is 0 Å². The van der Waals surface area contributed by atoms with Crippen LogP contribution in [0.3, 0.4) is 0 Å². The summed E-state index contributed by atoms with van der Waals surface area (Å²) in [5.41, 5.74) is 5.14. The van der Waals surface area contributed by atoms with Gasteiger partial charge in [0.15, 0.2) is 0 Å². The van der Waals surface area contributed by atoms with Crippen molar-refractivity contribution in [2.75, 3.05) is 27.2 Å². The molecular formula is C10H24ClN3O. The van der Waals surface area contributed by atoms with Crippen molar-refractivity contribution in [2.45, 2.75) is 32.2 Å². The first-order valence-electron chi connectivity index (χ1n) is 5.12. The van der Waals surface area contributed by atoms with Crippen molar-refractivity contribution < 1.29 is 4.79 Å². The molecule has 0 bridgehead atoms. The monoisotopic (exact) mass is 237 g/mol. The molecule has 0 aromatic rings. The molecule has 0 rings (SSSR count). The first kappa shape index (κ1) is 17.1. The van der Waals surface area contributed by atoms with Crippen molar-refractivity contribution in [1.29, 1.82) is 0 Å². The number of hydrogen-bond acceptors (Lipinski definition) is 3. The highest BCUT2D eigenvalue weighted by Crippen LogP contribution is 2.07. The summed E-state index contributed by atoms with van der Waals surface area (Å²) in [5.74, 6) is -0.0544. The molecule has 1 amide bonds. The van der Waals surface area contributed by atoms with Crippen LogP contribution in [-0.4, -0.2) is 43.5 Å². The zero-order valence-corrected chi connectivity index (χ0v) is 11.0. The molecule has 92 valence electrons. The molecule has 1 unspecified atom stereocenters. The Balaban J connectivity index is 0. The number of hydrogen-bond donors (Lipinski definition) is 2. The Morgan fingerprint density at radius 1 is 1.47 bits per heavy atom. The third-order valence-corrected chi connectivity index (χ3v) is 2.13. The molecule has 0 spiro atoms. The minimum atomic E-state index is -0.721. The van der Waals surface area contributed by atoms with Gasteiger partial charge in [-0.15, -0.1) is 12.4 Å². The molecule has 4 nitrogen and oxygen atoms in total. The quantitative estimate of drug-likeness (QED) is 0.712. The minimum absolute atomic E-state index is 0. The van der Waals surface area contributed by atoms with E-state index in [9.17, 15) is 4.79 Å². The van der Waals surface area contributed by atoms with E-state index in [1.165, 1.54) is 0 Å². The highest BCUT2D eigenvalue weighted by molar-refractivity contribution is 5.85. The predicted molar refractivity (Wildman–Crippen MR) is 66.3 cm³/mol. The van der Waals surface area contributed by atoms with E-state index in [1.54, 1.807) is 6.92 Å². The molecule has 0 heterocycles. The van der Waals surface area contributed by atoms with Crippen LogP contribution in [0.4, 0.5) is 0 Å². The van der Waals surface area contributed by atoms with E-state index in [2.05, 4.69) is 5.32 Å². The standard InChI is InChI=1S/C10H23N3O.ClH/c1-5-6-10(2,11)9(14)12-7-8-13(3)4;/h5-8,11H2,1-4H3,(H,12,14);1H. The van der Waals surface area contributed by atoms with Crippen LogP contribution >= 0.6 is 12.4 Å². The summed E-state index contributed by atoms with van der Waals surface area (Å²) in [5, 5.41) is 2.83. The Kier molecular flexibility index (Phi) is 9.01. The lowest BCUT2D eigenvalue weighted by atomic mass is 9.97. The van der Waals surface area contributed by atoms with Crippen LogP contribution in [0.2, 0.25) is 0 Å². The molecule has 0 aliphatic rings. The van der Waals surface area contributed by atoms with E-state index in [1.807, 2.05) is 25.9 Å². The summed E-state index contributed by atoms with van der Waals surface area (Å²) in [6.45, 7) is 5.30. The summed E-state index contributed by atoms with van der Waals surface area (Å²) in [6, 6.07) is 0. The summed E-state index contributed by atoms with van der Waals surface area (Å²) < 4.78 is 0. The van der Waals surface area contributed by atoms with Crippen LogP contribution in [0.25, 0.3) is 0 Å². The third kappa shape index (κ3) is 7.59. The molecule has 5 heteroatoms. The Hall–Kier alpha value is -0.320. The Morgan fingerprint density at radius 3 is 2.40 bits per heavy atom. The Morgan fingerprint density at radius 2 is 2.00 bits per heavy atom. The number of carbonyl (C=O) groups is 1. The normalized spacial score (nSPS) is 14.3. The van der Waals surface area contributed by atoms with Gasteiger partial charge in [-0.1, -0.05) is 13.3 Å². The molecule has 1 atom stereocenters. The van der Waals surface area contributed by atoms with Crippen molar-refractivity contribution >= 4 is 18.3 Å². The molecule has 0 aliphatic heterocycles. The lowest BCUT2D eigenvalue weighted by Gasteiger charge is -2.23. The average molecular weight is 238 g/mol. The Bertz CT molecular complexity index is 184. The topological polar surface area (TPSA) is 58.4 Å². The first-order chi connectivity index (χ1) is 6.40. The molecule has 0 radical (unpaired) electrons. The lowest BCUT2D eigenvalue weighted by Crippen LogP contribution is -2.52. The second kappa shape index (κ2) is 7.91. The van der Waals surface area contributed by atoms with Crippen molar-refractivity contribution in [3.05, 3.63) is 0 Å². The zero-order valence-electron chi connectivity index (χ0n) is 10.2. The number of carbonyl (C=O) groups excluding carboxylic acids is 1. The van der Waals surface area contributed by atoms with Gasteiger partial charge in [0, 0.05) is 13.1 Å². The van der Waals surface area contributed by atoms with Gasteiger partial charge in [0.2, 0.25) is 5.91 Å². The third-order valence-electron chi connectivity index (χ3n) is 2.13. The molecule has 0 aromatic heterocycles. The molecule has 3 N–H and O–H groups in total. The van der Waals surface area contributed by atoms with Crippen molar-refractivity contribution in [3.8, 4) is 0 Å². The highest BCUT2D eigenvalue weighted by atomic mass is 35.5. The summed E-state index contributed by atoms with van der Waals surface area (Å²) >= 11 is 0. The number of nitrogens with two attached hydrogens (primary N) is 1. The predicted octanol–water partition coefficient (Wildman–Crippen LogP) is 0.604. The van der Waals surface area contributed by atoms with Crippen LogP contribution in [0, 0.1) is 0 Å². The summed E-state index contributed by atoms with van der Waals surface area (Å²) in [6.07, 6.45) is 1.65. The molecule has 0 fully saturated rings. The Labute approximate surface area is 99.0 Å². The number of halogens is 1. The summed E-state index contributed by atoms with van der Waals surface area (Å²) in [4.78, 5) is 13.6. The number of rotatable bonds is 6. The average Bonchev–Trinajstić information content (AvgIpc) is 2.03. The number of nitrogens with zero attached hydrogens (tertiary/aromatic N) is 1. The lowest BCUT2D eigenvalue weighted by molar-refractivity contribution is -0.126. The maximum atomic E-state index is 11.6. The molecule has 0 aliphatic carbocycles. The molecule has 0 aromatic carbocycles. The van der Waals surface area contributed by atoms with Gasteiger partial charge in [-0.3, -0.25) is 4.79 Å². The van der Waals surface area contributed by atoms with Crippen molar-refractivity contribution in [3.63, 3.8) is 0 Å². The van der Waals surface area contributed by atoms with E-state index in [-0.39, 0.29) is 18.3 Å². The van der Waals surface area contributed by atoms with Gasteiger partial charge in [-0.25, -0.2) is 0 Å². The van der Waals surface area contributed by atoms with E-state index in [0.717, 1.165) is 19.4 Å². The van der Waals surface area contributed by atoms with Gasteiger partial charge in [-0.2, -0.15) is 0 Å². The second-order valence-corrected chi connectivity index (χ2v) is 4.23. The maximum Gasteiger partial charge on any atom is 0.239 e. The second-order valence-electron chi connectivity index (χ2n) is 4.23. The first-order valence-corrected chi connectivity index (χ1v) is 5.12.